The molecule has 102 valence electrons. The molecule has 0 aromatic carbocycles. The smallest absolute Gasteiger partial charge is 0.246 e. The number of rotatable bonds is 2. The second-order valence-corrected chi connectivity index (χ2v) is 5.92. The number of thioether (sulfide) groups is 1. The van der Waals surface area contributed by atoms with Crippen molar-refractivity contribution in [1.29, 1.82) is 0 Å². The highest BCUT2D eigenvalue weighted by atomic mass is 32.2. The molecule has 0 radical (unpaired) electrons. The number of piperidine rings is 1. The highest BCUT2D eigenvalue weighted by Gasteiger charge is 2.37. The van der Waals surface area contributed by atoms with Gasteiger partial charge >= 0.3 is 0 Å². The first-order valence-electron chi connectivity index (χ1n) is 6.55. The molecular weight excluding hydrogens is 250 g/mol. The lowest BCUT2D eigenvalue weighted by atomic mass is 10.1. The first-order valence-corrected chi connectivity index (χ1v) is 7.70. The topological polar surface area (TPSA) is 66.6 Å². The quantitative estimate of drug-likeness (QED) is 0.782. The average molecular weight is 271 g/mol. The van der Waals surface area contributed by atoms with Crippen LogP contribution in [0.4, 0.5) is 0 Å². The maximum atomic E-state index is 12.4. The van der Waals surface area contributed by atoms with Crippen LogP contribution in [0.15, 0.2) is 0 Å². The van der Waals surface area contributed by atoms with Crippen LogP contribution in [0.3, 0.4) is 0 Å². The van der Waals surface area contributed by atoms with E-state index in [0.717, 1.165) is 25.1 Å². The number of likely N-dealkylation sites (tertiary alicyclic amines) is 1. The molecule has 2 unspecified atom stereocenters. The zero-order chi connectivity index (χ0) is 13.1. The Bertz CT molecular complexity index is 337. The van der Waals surface area contributed by atoms with Crippen LogP contribution < -0.4 is 5.73 Å². The standard InChI is InChI=1S/C12H21N3O2S/c1-2-11(16)15-8-18-7-10(15)12(17)14-5-3-4-9(13)6-14/h9-10H,2-8,13H2,1H3. The Labute approximate surface area is 112 Å². The lowest BCUT2D eigenvalue weighted by molar-refractivity contribution is -0.144. The van der Waals surface area contributed by atoms with Crippen molar-refractivity contribution in [2.75, 3.05) is 24.7 Å². The molecule has 2 aliphatic heterocycles. The first kappa shape index (κ1) is 13.7. The van der Waals surface area contributed by atoms with Gasteiger partial charge in [-0.3, -0.25) is 9.59 Å². The Kier molecular flexibility index (Phi) is 4.50. The highest BCUT2D eigenvalue weighted by Crippen LogP contribution is 2.24. The van der Waals surface area contributed by atoms with Gasteiger partial charge < -0.3 is 15.5 Å². The molecule has 18 heavy (non-hydrogen) atoms. The summed E-state index contributed by atoms with van der Waals surface area (Å²) in [4.78, 5) is 27.8. The lowest BCUT2D eigenvalue weighted by Gasteiger charge is -2.34. The molecule has 2 rings (SSSR count). The van der Waals surface area contributed by atoms with E-state index in [9.17, 15) is 9.59 Å². The normalized spacial score (nSPS) is 28.6. The van der Waals surface area contributed by atoms with Crippen molar-refractivity contribution in [3.8, 4) is 0 Å². The molecule has 6 heteroatoms. The largest absolute Gasteiger partial charge is 0.339 e. The van der Waals surface area contributed by atoms with Gasteiger partial charge in [0.25, 0.3) is 0 Å². The number of hydrogen-bond donors (Lipinski definition) is 1. The SMILES string of the molecule is CCC(=O)N1CSCC1C(=O)N1CCCC(N)C1. The van der Waals surface area contributed by atoms with Crippen LogP contribution >= 0.6 is 11.8 Å². The van der Waals surface area contributed by atoms with E-state index in [1.807, 2.05) is 11.8 Å². The molecule has 0 saturated carbocycles. The molecular formula is C12H21N3O2S. The predicted octanol–water partition coefficient (Wildman–Crippen LogP) is 0.248. The minimum atomic E-state index is -0.271. The summed E-state index contributed by atoms with van der Waals surface area (Å²) in [5.41, 5.74) is 5.90. The van der Waals surface area contributed by atoms with Gasteiger partial charge in [-0.2, -0.15) is 0 Å². The summed E-state index contributed by atoms with van der Waals surface area (Å²) in [6.07, 6.45) is 2.42. The third-order valence-electron chi connectivity index (χ3n) is 3.56. The van der Waals surface area contributed by atoms with E-state index in [-0.39, 0.29) is 23.9 Å². The van der Waals surface area contributed by atoms with Gasteiger partial charge in [0.2, 0.25) is 11.8 Å². The van der Waals surface area contributed by atoms with Crippen LogP contribution in [-0.4, -0.2) is 58.4 Å². The van der Waals surface area contributed by atoms with E-state index in [2.05, 4.69) is 0 Å². The Morgan fingerprint density at radius 2 is 2.22 bits per heavy atom. The van der Waals surface area contributed by atoms with Crippen molar-refractivity contribution in [1.82, 2.24) is 9.80 Å². The molecule has 0 aromatic rings. The fraction of sp³-hybridized carbons (Fsp3) is 0.833. The summed E-state index contributed by atoms with van der Waals surface area (Å²) in [5, 5.41) is 0. The fourth-order valence-corrected chi connectivity index (χ4v) is 3.69. The second kappa shape index (κ2) is 5.93. The van der Waals surface area contributed by atoms with Crippen LogP contribution in [-0.2, 0) is 9.59 Å². The minimum absolute atomic E-state index is 0.0691. The number of carbonyl (C=O) groups is 2. The van der Waals surface area contributed by atoms with Crippen molar-refractivity contribution in [2.24, 2.45) is 5.73 Å². The monoisotopic (exact) mass is 271 g/mol. The molecule has 2 atom stereocenters. The van der Waals surface area contributed by atoms with Gasteiger partial charge in [0.05, 0.1) is 5.88 Å². The zero-order valence-corrected chi connectivity index (χ0v) is 11.6. The van der Waals surface area contributed by atoms with Crippen molar-refractivity contribution in [3.05, 3.63) is 0 Å². The van der Waals surface area contributed by atoms with Gasteiger partial charge in [0, 0.05) is 31.3 Å². The maximum Gasteiger partial charge on any atom is 0.246 e. The van der Waals surface area contributed by atoms with E-state index in [4.69, 9.17) is 5.73 Å². The van der Waals surface area contributed by atoms with Gasteiger partial charge in [-0.25, -0.2) is 0 Å². The first-order chi connectivity index (χ1) is 8.63. The van der Waals surface area contributed by atoms with Crippen LogP contribution in [0.1, 0.15) is 26.2 Å². The molecule has 0 spiro atoms. The van der Waals surface area contributed by atoms with Crippen LogP contribution in [0, 0.1) is 0 Å². The van der Waals surface area contributed by atoms with Gasteiger partial charge in [-0.1, -0.05) is 6.92 Å². The van der Waals surface area contributed by atoms with E-state index in [1.54, 1.807) is 16.7 Å². The Hall–Kier alpha value is -0.750. The number of hydrogen-bond acceptors (Lipinski definition) is 4. The van der Waals surface area contributed by atoms with Crippen molar-refractivity contribution >= 4 is 23.6 Å². The summed E-state index contributed by atoms with van der Waals surface area (Å²) < 4.78 is 0. The zero-order valence-electron chi connectivity index (χ0n) is 10.8. The van der Waals surface area contributed by atoms with Crippen LogP contribution in [0.5, 0.6) is 0 Å². The molecule has 0 aromatic heterocycles. The second-order valence-electron chi connectivity index (χ2n) is 4.92. The molecule has 2 aliphatic rings. The summed E-state index contributed by atoms with van der Waals surface area (Å²) in [5.74, 6) is 1.51. The molecule has 0 aliphatic carbocycles. The predicted molar refractivity (Wildman–Crippen MR) is 72.0 cm³/mol. The summed E-state index contributed by atoms with van der Waals surface area (Å²) >= 11 is 1.65. The molecule has 2 N–H and O–H groups in total. The number of carbonyl (C=O) groups excluding carboxylic acids is 2. The minimum Gasteiger partial charge on any atom is -0.339 e. The number of nitrogens with zero attached hydrogens (tertiary/aromatic N) is 2. The number of nitrogens with two attached hydrogens (primary N) is 1. The highest BCUT2D eigenvalue weighted by molar-refractivity contribution is 7.99. The van der Waals surface area contributed by atoms with Crippen molar-refractivity contribution < 1.29 is 9.59 Å². The molecule has 2 heterocycles. The summed E-state index contributed by atoms with van der Waals surface area (Å²) in [6.45, 7) is 3.25. The molecule has 2 fully saturated rings. The average Bonchev–Trinajstić information content (AvgIpc) is 2.86. The molecule has 2 amide bonds. The van der Waals surface area contributed by atoms with Crippen molar-refractivity contribution in [2.45, 2.75) is 38.3 Å². The molecule has 0 bridgehead atoms. The van der Waals surface area contributed by atoms with Crippen LogP contribution in [0.2, 0.25) is 0 Å². The van der Waals surface area contributed by atoms with E-state index in [1.165, 1.54) is 0 Å². The van der Waals surface area contributed by atoms with Crippen molar-refractivity contribution in [3.63, 3.8) is 0 Å². The maximum absolute atomic E-state index is 12.4. The fourth-order valence-electron chi connectivity index (χ4n) is 2.52. The van der Waals surface area contributed by atoms with E-state index in [0.29, 0.717) is 18.8 Å². The molecule has 2 saturated heterocycles. The Balaban J connectivity index is 2.01. The van der Waals surface area contributed by atoms with Gasteiger partial charge in [0.1, 0.15) is 6.04 Å². The lowest BCUT2D eigenvalue weighted by Crippen LogP contribution is -2.53. The van der Waals surface area contributed by atoms with E-state index >= 15 is 0 Å². The number of amides is 2. The van der Waals surface area contributed by atoms with Gasteiger partial charge in [-0.05, 0) is 12.8 Å². The Morgan fingerprint density at radius 3 is 2.89 bits per heavy atom. The van der Waals surface area contributed by atoms with Gasteiger partial charge in [0.15, 0.2) is 0 Å². The van der Waals surface area contributed by atoms with Crippen LogP contribution in [0.25, 0.3) is 0 Å². The summed E-state index contributed by atoms with van der Waals surface area (Å²) in [7, 11) is 0. The molecule has 5 nitrogen and oxygen atoms in total. The Morgan fingerprint density at radius 1 is 1.44 bits per heavy atom. The third-order valence-corrected chi connectivity index (χ3v) is 4.57. The summed E-state index contributed by atoms with van der Waals surface area (Å²) in [6, 6.07) is -0.181. The van der Waals surface area contributed by atoms with Gasteiger partial charge in [-0.15, -0.1) is 11.8 Å². The third kappa shape index (κ3) is 2.80. The van der Waals surface area contributed by atoms with E-state index < -0.39 is 0 Å².